The molecular formula is C29H30ClN5O. The van der Waals surface area contributed by atoms with Gasteiger partial charge in [0.05, 0.1) is 24.2 Å². The maximum atomic E-state index is 6.34. The summed E-state index contributed by atoms with van der Waals surface area (Å²) >= 11 is 6.34. The third kappa shape index (κ3) is 4.69. The van der Waals surface area contributed by atoms with Crippen molar-refractivity contribution in [3.63, 3.8) is 0 Å². The van der Waals surface area contributed by atoms with Crippen LogP contribution in [0.3, 0.4) is 0 Å². The molecule has 1 N–H and O–H groups in total. The lowest BCUT2D eigenvalue weighted by atomic mass is 10.1. The number of nitrogens with zero attached hydrogens (tertiary/aromatic N) is 4. The highest BCUT2D eigenvalue weighted by Crippen LogP contribution is 2.39. The van der Waals surface area contributed by atoms with E-state index in [2.05, 4.69) is 53.2 Å². The van der Waals surface area contributed by atoms with Crippen LogP contribution in [0.5, 0.6) is 5.75 Å². The van der Waals surface area contributed by atoms with Gasteiger partial charge in [0.15, 0.2) is 5.82 Å². The lowest BCUT2D eigenvalue weighted by Crippen LogP contribution is -2.42. The van der Waals surface area contributed by atoms with Crippen LogP contribution in [-0.2, 0) is 0 Å². The third-order valence-corrected chi connectivity index (χ3v) is 6.84. The van der Waals surface area contributed by atoms with Gasteiger partial charge in [-0.05, 0) is 44.5 Å². The van der Waals surface area contributed by atoms with Crippen LogP contribution in [0.1, 0.15) is 19.4 Å². The number of hydrogen-bond acceptors (Lipinski definition) is 6. The van der Waals surface area contributed by atoms with Gasteiger partial charge in [0.1, 0.15) is 17.4 Å². The lowest BCUT2D eigenvalue weighted by Gasteiger charge is -2.40. The van der Waals surface area contributed by atoms with Crippen molar-refractivity contribution in [1.29, 1.82) is 0 Å². The molecule has 1 aromatic heterocycles. The van der Waals surface area contributed by atoms with Gasteiger partial charge >= 0.3 is 0 Å². The van der Waals surface area contributed by atoms with E-state index in [9.17, 15) is 0 Å². The van der Waals surface area contributed by atoms with Gasteiger partial charge < -0.3 is 19.9 Å². The molecule has 0 saturated carbocycles. The predicted molar refractivity (Wildman–Crippen MR) is 149 cm³/mol. The molecule has 0 unspecified atom stereocenters. The molecule has 7 heteroatoms. The van der Waals surface area contributed by atoms with E-state index >= 15 is 0 Å². The largest absolute Gasteiger partial charge is 0.495 e. The minimum atomic E-state index is 0.413. The second kappa shape index (κ2) is 10.1. The molecule has 0 saturated heterocycles. The first-order valence-corrected chi connectivity index (χ1v) is 12.5. The molecule has 0 spiro atoms. The Labute approximate surface area is 217 Å². The van der Waals surface area contributed by atoms with Gasteiger partial charge in [0.25, 0.3) is 0 Å². The normalized spacial score (nSPS) is 13.1. The first-order valence-electron chi connectivity index (χ1n) is 12.1. The number of nitrogens with one attached hydrogen (secondary N) is 1. The first kappa shape index (κ1) is 23.9. The number of fused-ring (bicyclic) bond motifs is 1. The Morgan fingerprint density at radius 2 is 1.64 bits per heavy atom. The summed E-state index contributed by atoms with van der Waals surface area (Å²) in [5.41, 5.74) is 5.06. The van der Waals surface area contributed by atoms with Crippen LogP contribution >= 0.6 is 11.6 Å². The highest BCUT2D eigenvalue weighted by Gasteiger charge is 2.26. The van der Waals surface area contributed by atoms with Gasteiger partial charge in [-0.25, -0.2) is 9.97 Å². The number of rotatable bonds is 6. The molecule has 5 rings (SSSR count). The number of aryl methyl sites for hydroxylation is 1. The molecule has 3 aromatic carbocycles. The zero-order valence-corrected chi connectivity index (χ0v) is 21.8. The van der Waals surface area contributed by atoms with Crippen LogP contribution in [-0.4, -0.2) is 36.2 Å². The Morgan fingerprint density at radius 3 is 2.36 bits per heavy atom. The highest BCUT2D eigenvalue weighted by atomic mass is 35.5. The van der Waals surface area contributed by atoms with Crippen molar-refractivity contribution in [1.82, 2.24) is 9.97 Å². The molecule has 1 aliphatic heterocycles. The number of benzene rings is 3. The summed E-state index contributed by atoms with van der Waals surface area (Å²) in [6.45, 7) is 8.16. The number of hydrogen-bond donors (Lipinski definition) is 1. The lowest BCUT2D eigenvalue weighted by molar-refractivity contribution is 0.416. The van der Waals surface area contributed by atoms with E-state index in [0.717, 1.165) is 41.4 Å². The standard InChI is InChI=1S/C29H30ClN5O/c1-19(2)34-14-15-35(25-13-9-8-12-24(25)34)28-18-27(32-29(33-28)21-10-6-5-7-11-21)31-23-16-20(3)22(30)17-26(23)36-4/h5-13,16-19H,14-15H2,1-4H3,(H,31,32,33). The van der Waals surface area contributed by atoms with E-state index in [0.29, 0.717) is 28.5 Å². The average molecular weight is 500 g/mol. The van der Waals surface area contributed by atoms with Crippen molar-refractivity contribution in [2.24, 2.45) is 0 Å². The molecule has 6 nitrogen and oxygen atoms in total. The summed E-state index contributed by atoms with van der Waals surface area (Å²) < 4.78 is 5.59. The van der Waals surface area contributed by atoms with Crippen LogP contribution in [0, 0.1) is 6.92 Å². The Kier molecular flexibility index (Phi) is 6.70. The van der Waals surface area contributed by atoms with Crippen molar-refractivity contribution < 1.29 is 4.74 Å². The summed E-state index contributed by atoms with van der Waals surface area (Å²) in [6, 6.07) is 24.8. The maximum absolute atomic E-state index is 6.34. The van der Waals surface area contributed by atoms with Gasteiger partial charge in [0, 0.05) is 41.9 Å². The molecule has 36 heavy (non-hydrogen) atoms. The zero-order chi connectivity index (χ0) is 25.2. The topological polar surface area (TPSA) is 53.5 Å². The van der Waals surface area contributed by atoms with Crippen molar-refractivity contribution in [3.8, 4) is 17.1 Å². The van der Waals surface area contributed by atoms with Crippen molar-refractivity contribution in [2.75, 3.05) is 35.3 Å². The molecule has 1 aliphatic rings. The summed E-state index contributed by atoms with van der Waals surface area (Å²) in [6.07, 6.45) is 0. The van der Waals surface area contributed by atoms with Gasteiger partial charge in [0.2, 0.25) is 0 Å². The number of halogens is 1. The van der Waals surface area contributed by atoms with E-state index in [1.165, 1.54) is 5.69 Å². The van der Waals surface area contributed by atoms with Crippen LogP contribution in [0.4, 0.5) is 28.7 Å². The van der Waals surface area contributed by atoms with Gasteiger partial charge in [-0.2, -0.15) is 0 Å². The molecule has 2 heterocycles. The monoisotopic (exact) mass is 499 g/mol. The molecule has 0 radical (unpaired) electrons. The summed E-state index contributed by atoms with van der Waals surface area (Å²) in [4.78, 5) is 14.6. The Bertz CT molecular complexity index is 1380. The van der Waals surface area contributed by atoms with Crippen LogP contribution in [0.25, 0.3) is 11.4 Å². The number of para-hydroxylation sites is 2. The fraction of sp³-hybridized carbons (Fsp3) is 0.241. The number of anilines is 5. The summed E-state index contributed by atoms with van der Waals surface area (Å²) in [7, 11) is 1.64. The first-order chi connectivity index (χ1) is 17.4. The Hall–Kier alpha value is -3.77. The average Bonchev–Trinajstić information content (AvgIpc) is 2.90. The van der Waals surface area contributed by atoms with Gasteiger partial charge in [-0.15, -0.1) is 0 Å². The smallest absolute Gasteiger partial charge is 0.163 e. The minimum absolute atomic E-state index is 0.413. The molecular weight excluding hydrogens is 470 g/mol. The fourth-order valence-corrected chi connectivity index (χ4v) is 4.73. The molecule has 0 bridgehead atoms. The molecule has 4 aromatic rings. The maximum Gasteiger partial charge on any atom is 0.163 e. The van der Waals surface area contributed by atoms with Crippen LogP contribution < -0.4 is 19.9 Å². The second-order valence-corrected chi connectivity index (χ2v) is 9.56. The molecule has 0 amide bonds. The van der Waals surface area contributed by atoms with Crippen molar-refractivity contribution in [3.05, 3.63) is 83.4 Å². The number of methoxy groups -OCH3 is 1. The van der Waals surface area contributed by atoms with Gasteiger partial charge in [-0.1, -0.05) is 54.1 Å². The second-order valence-electron chi connectivity index (χ2n) is 9.16. The number of aromatic nitrogens is 2. The van der Waals surface area contributed by atoms with E-state index in [1.807, 2.05) is 55.5 Å². The van der Waals surface area contributed by atoms with E-state index < -0.39 is 0 Å². The molecule has 0 atom stereocenters. The summed E-state index contributed by atoms with van der Waals surface area (Å²) in [5.74, 6) is 2.83. The quantitative estimate of drug-likeness (QED) is 0.302. The fourth-order valence-electron chi connectivity index (χ4n) is 4.58. The van der Waals surface area contributed by atoms with Crippen molar-refractivity contribution >= 4 is 40.3 Å². The van der Waals surface area contributed by atoms with E-state index in [1.54, 1.807) is 7.11 Å². The predicted octanol–water partition coefficient (Wildman–Crippen LogP) is 7.22. The van der Waals surface area contributed by atoms with Crippen LogP contribution in [0.2, 0.25) is 5.02 Å². The molecule has 0 aliphatic carbocycles. The van der Waals surface area contributed by atoms with Crippen LogP contribution in [0.15, 0.2) is 72.8 Å². The van der Waals surface area contributed by atoms with Gasteiger partial charge in [-0.3, -0.25) is 0 Å². The zero-order valence-electron chi connectivity index (χ0n) is 21.0. The Balaban J connectivity index is 1.62. The Morgan fingerprint density at radius 1 is 0.917 bits per heavy atom. The SMILES string of the molecule is COc1cc(Cl)c(C)cc1Nc1cc(N2CCN(C(C)C)c3ccccc32)nc(-c2ccccc2)n1. The van der Waals surface area contributed by atoms with E-state index in [4.69, 9.17) is 26.3 Å². The molecule has 0 fully saturated rings. The highest BCUT2D eigenvalue weighted by molar-refractivity contribution is 6.31. The summed E-state index contributed by atoms with van der Waals surface area (Å²) in [5, 5.41) is 4.12. The van der Waals surface area contributed by atoms with E-state index in [-0.39, 0.29) is 0 Å². The minimum Gasteiger partial charge on any atom is -0.495 e. The third-order valence-electron chi connectivity index (χ3n) is 6.43. The molecule has 184 valence electrons. The number of ether oxygens (including phenoxy) is 1. The van der Waals surface area contributed by atoms with Crippen molar-refractivity contribution in [2.45, 2.75) is 26.8 Å².